The van der Waals surface area contributed by atoms with E-state index in [1.807, 2.05) is 0 Å². The maximum atomic E-state index is 13.2. The lowest BCUT2D eigenvalue weighted by Gasteiger charge is -2.66. The summed E-state index contributed by atoms with van der Waals surface area (Å²) in [5, 5.41) is 0.180. The minimum Gasteiger partial charge on any atom is -0.413 e. The van der Waals surface area contributed by atoms with Crippen LogP contribution in [0.25, 0.3) is 0 Å². The molecule has 0 heterocycles. The average molecular weight is 413 g/mol. The first-order chi connectivity index (χ1) is 11.9. The molecule has 0 unspecified atom stereocenters. The molecule has 0 aromatic carbocycles. The molecule has 27 heavy (non-hydrogen) atoms. The topological polar surface area (TPSA) is 35.5 Å². The SMILES string of the molecule is CC1(C)[C@@H](O[Si](C)(C)C(C)(C)C)CC[C@]2(C)C(=O)CCC[C@@]12O[Si](C)(C)C. The fraction of sp³-hybridized carbons (Fsp3) is 0.955. The number of rotatable bonds is 4. The molecule has 2 aliphatic rings. The molecule has 2 fully saturated rings. The third-order valence-electron chi connectivity index (χ3n) is 7.92. The third-order valence-corrected chi connectivity index (χ3v) is 13.4. The Bertz CT molecular complexity index is 585. The van der Waals surface area contributed by atoms with E-state index in [9.17, 15) is 4.79 Å². The lowest BCUT2D eigenvalue weighted by atomic mass is 9.47. The summed E-state index contributed by atoms with van der Waals surface area (Å²) in [5.41, 5.74) is -0.987. The number of carbonyl (C=O) groups excluding carboxylic acids is 1. The highest BCUT2D eigenvalue weighted by Crippen LogP contribution is 2.63. The zero-order valence-corrected chi connectivity index (χ0v) is 21.8. The zero-order valence-electron chi connectivity index (χ0n) is 19.8. The number of Topliss-reactive ketones (excluding diaryl/α,β-unsaturated/α-hetero) is 1. The smallest absolute Gasteiger partial charge is 0.192 e. The number of fused-ring (bicyclic) bond motifs is 1. The highest BCUT2D eigenvalue weighted by molar-refractivity contribution is 6.74. The molecule has 3 atom stereocenters. The quantitative estimate of drug-likeness (QED) is 0.491. The maximum absolute atomic E-state index is 13.2. The molecular weight excluding hydrogens is 368 g/mol. The van der Waals surface area contributed by atoms with E-state index in [1.165, 1.54) is 0 Å². The monoisotopic (exact) mass is 412 g/mol. The fourth-order valence-electron chi connectivity index (χ4n) is 5.25. The second-order valence-corrected chi connectivity index (χ2v) is 21.5. The first-order valence-corrected chi connectivity index (χ1v) is 17.1. The number of ketones is 1. The Morgan fingerprint density at radius 3 is 2.04 bits per heavy atom. The molecule has 5 heteroatoms. The van der Waals surface area contributed by atoms with E-state index in [-0.39, 0.29) is 22.0 Å². The fourth-order valence-corrected chi connectivity index (χ4v) is 8.36. The van der Waals surface area contributed by atoms with E-state index in [0.717, 1.165) is 25.7 Å². The second kappa shape index (κ2) is 6.78. The van der Waals surface area contributed by atoms with Crippen molar-refractivity contribution < 1.29 is 13.6 Å². The Labute approximate surface area is 170 Å². The van der Waals surface area contributed by atoms with Crippen molar-refractivity contribution in [3.63, 3.8) is 0 Å². The molecule has 0 bridgehead atoms. The summed E-state index contributed by atoms with van der Waals surface area (Å²) in [6, 6.07) is 0. The van der Waals surface area contributed by atoms with Crippen molar-refractivity contribution in [2.75, 3.05) is 0 Å². The Balaban J connectivity index is 2.53. The van der Waals surface area contributed by atoms with Gasteiger partial charge in [-0.05, 0) is 70.4 Å². The lowest BCUT2D eigenvalue weighted by Crippen LogP contribution is -2.72. The van der Waals surface area contributed by atoms with Crippen molar-refractivity contribution in [1.82, 2.24) is 0 Å². The molecule has 0 N–H and O–H groups in total. The zero-order chi connectivity index (χ0) is 21.1. The van der Waals surface area contributed by atoms with Gasteiger partial charge in [0.05, 0.1) is 17.1 Å². The van der Waals surface area contributed by atoms with Crippen molar-refractivity contribution in [2.24, 2.45) is 10.8 Å². The van der Waals surface area contributed by atoms with Crippen LogP contribution in [0.2, 0.25) is 37.8 Å². The van der Waals surface area contributed by atoms with Crippen LogP contribution in [0.3, 0.4) is 0 Å². The summed E-state index contributed by atoms with van der Waals surface area (Å²) in [7, 11) is -3.75. The molecule has 2 saturated carbocycles. The van der Waals surface area contributed by atoms with Gasteiger partial charge in [0.2, 0.25) is 0 Å². The molecule has 158 valence electrons. The molecule has 0 aromatic rings. The van der Waals surface area contributed by atoms with E-state index < -0.39 is 22.2 Å². The van der Waals surface area contributed by atoms with Gasteiger partial charge in [-0.2, -0.15) is 0 Å². The van der Waals surface area contributed by atoms with Crippen molar-refractivity contribution in [3.8, 4) is 0 Å². The first kappa shape index (κ1) is 23.3. The first-order valence-electron chi connectivity index (χ1n) is 10.8. The minimum atomic E-state index is -1.90. The van der Waals surface area contributed by atoms with Gasteiger partial charge >= 0.3 is 0 Å². The predicted molar refractivity (Wildman–Crippen MR) is 119 cm³/mol. The van der Waals surface area contributed by atoms with Crippen molar-refractivity contribution in [2.45, 2.75) is 123 Å². The van der Waals surface area contributed by atoms with Crippen LogP contribution in [0.5, 0.6) is 0 Å². The van der Waals surface area contributed by atoms with E-state index in [1.54, 1.807) is 0 Å². The molecule has 0 aromatic heterocycles. The van der Waals surface area contributed by atoms with Gasteiger partial charge in [0, 0.05) is 11.8 Å². The van der Waals surface area contributed by atoms with Gasteiger partial charge in [-0.25, -0.2) is 0 Å². The van der Waals surface area contributed by atoms with Crippen LogP contribution in [0.1, 0.15) is 73.6 Å². The molecule has 3 nitrogen and oxygen atoms in total. The summed E-state index contributed by atoms with van der Waals surface area (Å²) >= 11 is 0. The molecule has 2 aliphatic carbocycles. The van der Waals surface area contributed by atoms with Crippen LogP contribution in [0.4, 0.5) is 0 Å². The summed E-state index contributed by atoms with van der Waals surface area (Å²) in [4.78, 5) is 13.2. The normalized spacial score (nSPS) is 35.1. The Hall–Kier alpha value is 0.0238. The van der Waals surface area contributed by atoms with Crippen LogP contribution in [0, 0.1) is 10.8 Å². The van der Waals surface area contributed by atoms with E-state index in [2.05, 4.69) is 74.3 Å². The Kier molecular flexibility index (Phi) is 5.85. The number of hydrogen-bond donors (Lipinski definition) is 0. The summed E-state index contributed by atoms with van der Waals surface area (Å²) in [6.45, 7) is 25.2. The highest BCUT2D eigenvalue weighted by atomic mass is 28.4. The Morgan fingerprint density at radius 2 is 1.56 bits per heavy atom. The van der Waals surface area contributed by atoms with Gasteiger partial charge in [0.1, 0.15) is 5.78 Å². The summed E-state index contributed by atoms with van der Waals surface area (Å²) in [5.74, 6) is 0.408. The van der Waals surface area contributed by atoms with Crippen molar-refractivity contribution in [1.29, 1.82) is 0 Å². The van der Waals surface area contributed by atoms with Gasteiger partial charge in [-0.3, -0.25) is 4.79 Å². The average Bonchev–Trinajstić information content (AvgIpc) is 2.44. The van der Waals surface area contributed by atoms with Gasteiger partial charge in [-0.1, -0.05) is 34.6 Å². The Morgan fingerprint density at radius 1 is 1.00 bits per heavy atom. The van der Waals surface area contributed by atoms with E-state index in [0.29, 0.717) is 12.2 Å². The standard InChI is InChI=1S/C22H44O3Si2/c1-19(2,3)27(10,11)24-18-14-16-21(6)17(23)13-12-15-22(21,20(18,4)5)25-26(7,8)9/h18H,12-16H2,1-11H3/t18-,21+,22+/m0/s1. The van der Waals surface area contributed by atoms with Crippen LogP contribution in [-0.4, -0.2) is 34.1 Å². The molecule has 0 aliphatic heterocycles. The van der Waals surface area contributed by atoms with Gasteiger partial charge in [0.15, 0.2) is 16.6 Å². The van der Waals surface area contributed by atoms with Crippen LogP contribution >= 0.6 is 0 Å². The van der Waals surface area contributed by atoms with Gasteiger partial charge in [-0.15, -0.1) is 0 Å². The van der Waals surface area contributed by atoms with E-state index >= 15 is 0 Å². The number of hydrogen-bond acceptors (Lipinski definition) is 3. The molecule has 0 spiro atoms. The van der Waals surface area contributed by atoms with Crippen LogP contribution in [-0.2, 0) is 13.6 Å². The molecule has 0 radical (unpaired) electrons. The molecular formula is C22H44O3Si2. The van der Waals surface area contributed by atoms with E-state index in [4.69, 9.17) is 8.85 Å². The predicted octanol–water partition coefficient (Wildman–Crippen LogP) is 6.55. The van der Waals surface area contributed by atoms with Gasteiger partial charge < -0.3 is 8.85 Å². The van der Waals surface area contributed by atoms with Crippen molar-refractivity contribution >= 4 is 22.4 Å². The third kappa shape index (κ3) is 3.78. The summed E-state index contributed by atoms with van der Waals surface area (Å²) < 4.78 is 14.0. The molecule has 2 rings (SSSR count). The minimum absolute atomic E-state index is 0.147. The second-order valence-electron chi connectivity index (χ2n) is 12.3. The highest BCUT2D eigenvalue weighted by Gasteiger charge is 2.68. The van der Waals surface area contributed by atoms with Crippen molar-refractivity contribution in [3.05, 3.63) is 0 Å². The maximum Gasteiger partial charge on any atom is 0.192 e. The molecule has 0 amide bonds. The van der Waals surface area contributed by atoms with Crippen LogP contribution in [0.15, 0.2) is 0 Å². The van der Waals surface area contributed by atoms with Crippen LogP contribution < -0.4 is 0 Å². The number of carbonyl (C=O) groups is 1. The largest absolute Gasteiger partial charge is 0.413 e. The lowest BCUT2D eigenvalue weighted by molar-refractivity contribution is -0.219. The molecule has 0 saturated heterocycles. The summed E-state index contributed by atoms with van der Waals surface area (Å²) in [6.07, 6.45) is 4.61. The van der Waals surface area contributed by atoms with Gasteiger partial charge in [0.25, 0.3) is 0 Å².